The lowest BCUT2D eigenvalue weighted by molar-refractivity contribution is 0.104. The molecule has 0 nitrogen and oxygen atoms in total. The molecule has 0 saturated carbocycles. The Balaban J connectivity index is 5.49. The zero-order valence-corrected chi connectivity index (χ0v) is 25.6. The van der Waals surface area contributed by atoms with E-state index in [9.17, 15) is 0 Å². The first-order valence-electron chi connectivity index (χ1n) is 15.0. The van der Waals surface area contributed by atoms with Crippen LogP contribution in [0.5, 0.6) is 0 Å². The predicted molar refractivity (Wildman–Crippen MR) is 163 cm³/mol. The summed E-state index contributed by atoms with van der Waals surface area (Å²) in [6, 6.07) is 0. The molecule has 202 valence electrons. The van der Waals surface area contributed by atoms with Crippen molar-refractivity contribution in [2.45, 2.75) is 140 Å². The monoisotopic (exact) mass is 482 g/mol. The molecule has 0 heterocycles. The minimum atomic E-state index is 0.383. The fourth-order valence-electron chi connectivity index (χ4n) is 6.24. The first kappa shape index (κ1) is 33.7. The molecule has 0 aliphatic heterocycles. The van der Waals surface area contributed by atoms with Gasteiger partial charge >= 0.3 is 0 Å². The Bertz CT molecular complexity index is 694. The Morgan fingerprint density at radius 3 is 1.86 bits per heavy atom. The highest BCUT2D eigenvalue weighted by molar-refractivity contribution is 5.31. The lowest BCUT2D eigenvalue weighted by Gasteiger charge is -2.42. The van der Waals surface area contributed by atoms with Gasteiger partial charge in [-0.05, 0) is 80.6 Å². The van der Waals surface area contributed by atoms with Crippen molar-refractivity contribution < 1.29 is 0 Å². The average Bonchev–Trinajstić information content (AvgIpc) is 2.87. The molecule has 0 rings (SSSR count). The van der Waals surface area contributed by atoms with Crippen LogP contribution in [0.25, 0.3) is 0 Å². The van der Waals surface area contributed by atoms with Gasteiger partial charge in [0.15, 0.2) is 0 Å². The van der Waals surface area contributed by atoms with Crippen LogP contribution in [0.3, 0.4) is 0 Å². The van der Waals surface area contributed by atoms with Gasteiger partial charge in [0.05, 0.1) is 0 Å². The van der Waals surface area contributed by atoms with E-state index in [2.05, 4.69) is 112 Å². The minimum Gasteiger partial charge on any atom is -0.0955 e. The predicted octanol–water partition coefficient (Wildman–Crippen LogP) is 12.2. The SMILES string of the molecule is C=C(CC(CC)C(C)(CC)CCCC(CC)(CC)C(C)CC(=CC=CC)CC)C(=CC=CC)CC. The normalized spacial score (nSPS) is 17.2. The van der Waals surface area contributed by atoms with Gasteiger partial charge in [-0.3, -0.25) is 0 Å². The number of allylic oxidation sites excluding steroid dienone is 9. The summed E-state index contributed by atoms with van der Waals surface area (Å²) < 4.78 is 0. The van der Waals surface area contributed by atoms with E-state index in [1.54, 1.807) is 5.57 Å². The molecular weight excluding hydrogens is 420 g/mol. The van der Waals surface area contributed by atoms with Crippen LogP contribution in [0.1, 0.15) is 140 Å². The molecule has 0 fully saturated rings. The van der Waals surface area contributed by atoms with Gasteiger partial charge in [0.1, 0.15) is 0 Å². The average molecular weight is 483 g/mol. The van der Waals surface area contributed by atoms with Crippen LogP contribution in [-0.4, -0.2) is 0 Å². The van der Waals surface area contributed by atoms with Crippen LogP contribution >= 0.6 is 0 Å². The first-order valence-corrected chi connectivity index (χ1v) is 15.0. The fraction of sp³-hybridized carbons (Fsp3) is 0.714. The van der Waals surface area contributed by atoms with Crippen LogP contribution in [0.15, 0.2) is 59.8 Å². The molecule has 0 aromatic heterocycles. The largest absolute Gasteiger partial charge is 0.0955 e. The lowest BCUT2D eigenvalue weighted by atomic mass is 9.63. The first-order chi connectivity index (χ1) is 16.7. The molecule has 0 bridgehead atoms. The van der Waals surface area contributed by atoms with Gasteiger partial charge in [0, 0.05) is 0 Å². The van der Waals surface area contributed by atoms with Gasteiger partial charge in [0.2, 0.25) is 0 Å². The lowest BCUT2D eigenvalue weighted by Crippen LogP contribution is -2.31. The van der Waals surface area contributed by atoms with Crippen LogP contribution < -0.4 is 0 Å². The molecule has 35 heavy (non-hydrogen) atoms. The van der Waals surface area contributed by atoms with Crippen molar-refractivity contribution in [3.05, 3.63) is 59.8 Å². The van der Waals surface area contributed by atoms with E-state index in [-0.39, 0.29) is 0 Å². The molecular formula is C35H62. The fourth-order valence-corrected chi connectivity index (χ4v) is 6.24. The maximum absolute atomic E-state index is 4.53. The van der Waals surface area contributed by atoms with Crippen molar-refractivity contribution in [3.63, 3.8) is 0 Å². The van der Waals surface area contributed by atoms with E-state index in [4.69, 9.17) is 0 Å². The summed E-state index contributed by atoms with van der Waals surface area (Å²) in [5.74, 6) is 1.43. The molecule has 0 saturated heterocycles. The number of hydrogen-bond donors (Lipinski definition) is 0. The van der Waals surface area contributed by atoms with E-state index in [0.717, 1.165) is 25.2 Å². The van der Waals surface area contributed by atoms with Crippen molar-refractivity contribution >= 4 is 0 Å². The summed E-state index contributed by atoms with van der Waals surface area (Å²) in [6.07, 6.45) is 27.0. The Kier molecular flexibility index (Phi) is 17.4. The highest BCUT2D eigenvalue weighted by Gasteiger charge is 2.35. The molecule has 0 amide bonds. The smallest absolute Gasteiger partial charge is 0.0248 e. The highest BCUT2D eigenvalue weighted by atomic mass is 14.4. The number of hydrogen-bond acceptors (Lipinski definition) is 0. The van der Waals surface area contributed by atoms with E-state index in [0.29, 0.717) is 16.7 Å². The minimum absolute atomic E-state index is 0.383. The van der Waals surface area contributed by atoms with E-state index < -0.39 is 0 Å². The molecule has 0 heteroatoms. The second kappa shape index (κ2) is 18.0. The van der Waals surface area contributed by atoms with Gasteiger partial charge < -0.3 is 0 Å². The Labute approximate surface area is 222 Å². The maximum atomic E-state index is 4.53. The molecule has 3 unspecified atom stereocenters. The summed E-state index contributed by atoms with van der Waals surface area (Å²) in [5, 5.41) is 0. The standard InChI is InChI=1S/C35H62/c1-12-20-23-31(14-3)28-30(10)35(18-7,19-8)26-22-25-34(11,17-6)33(16-5)27-29(9)32(15-4)24-21-13-2/h12-13,20-21,23-24,30,33H,9,14-19,22,25-28H2,1-8,10-11H3. The van der Waals surface area contributed by atoms with Crippen molar-refractivity contribution in [2.75, 3.05) is 0 Å². The van der Waals surface area contributed by atoms with Crippen molar-refractivity contribution in [2.24, 2.45) is 22.7 Å². The van der Waals surface area contributed by atoms with E-state index in [1.165, 1.54) is 62.5 Å². The molecule has 0 spiro atoms. The Morgan fingerprint density at radius 1 is 0.800 bits per heavy atom. The molecule has 0 aliphatic rings. The third kappa shape index (κ3) is 10.7. The quantitative estimate of drug-likeness (QED) is 0.161. The van der Waals surface area contributed by atoms with Crippen LogP contribution in [0.4, 0.5) is 0 Å². The van der Waals surface area contributed by atoms with Gasteiger partial charge in [-0.2, -0.15) is 0 Å². The molecule has 0 aliphatic carbocycles. The molecule has 3 atom stereocenters. The summed E-state index contributed by atoms with van der Waals surface area (Å²) in [7, 11) is 0. The topological polar surface area (TPSA) is 0 Å². The summed E-state index contributed by atoms with van der Waals surface area (Å²) in [4.78, 5) is 0. The molecule has 0 radical (unpaired) electrons. The third-order valence-electron chi connectivity index (χ3n) is 9.53. The van der Waals surface area contributed by atoms with Gasteiger partial charge in [-0.25, -0.2) is 0 Å². The summed E-state index contributed by atoms with van der Waals surface area (Å²) >= 11 is 0. The van der Waals surface area contributed by atoms with Crippen LogP contribution in [-0.2, 0) is 0 Å². The van der Waals surface area contributed by atoms with Gasteiger partial charge in [-0.15, -0.1) is 0 Å². The van der Waals surface area contributed by atoms with Crippen molar-refractivity contribution in [3.8, 4) is 0 Å². The van der Waals surface area contributed by atoms with E-state index in [1.807, 2.05) is 0 Å². The maximum Gasteiger partial charge on any atom is -0.0248 e. The van der Waals surface area contributed by atoms with Crippen molar-refractivity contribution in [1.82, 2.24) is 0 Å². The zero-order chi connectivity index (χ0) is 26.9. The second-order valence-corrected chi connectivity index (χ2v) is 11.2. The van der Waals surface area contributed by atoms with E-state index >= 15 is 0 Å². The van der Waals surface area contributed by atoms with Crippen LogP contribution in [0, 0.1) is 22.7 Å². The molecule has 0 N–H and O–H groups in total. The van der Waals surface area contributed by atoms with Crippen molar-refractivity contribution in [1.29, 1.82) is 0 Å². The third-order valence-corrected chi connectivity index (χ3v) is 9.53. The second-order valence-electron chi connectivity index (χ2n) is 11.2. The summed E-state index contributed by atoms with van der Waals surface area (Å²) in [5.41, 5.74) is 5.20. The van der Waals surface area contributed by atoms with Gasteiger partial charge in [0.25, 0.3) is 0 Å². The Hall–Kier alpha value is -1.30. The van der Waals surface area contributed by atoms with Crippen LogP contribution in [0.2, 0.25) is 0 Å². The zero-order valence-electron chi connectivity index (χ0n) is 25.6. The highest BCUT2D eigenvalue weighted by Crippen LogP contribution is 2.47. The molecule has 0 aromatic carbocycles. The molecule has 0 aromatic rings. The number of rotatable bonds is 19. The van der Waals surface area contributed by atoms with Gasteiger partial charge in [-0.1, -0.05) is 142 Å². The Morgan fingerprint density at radius 2 is 1.40 bits per heavy atom. The summed E-state index contributed by atoms with van der Waals surface area (Å²) in [6.45, 7) is 28.1.